The molecule has 0 aliphatic heterocycles. The Hall–Kier alpha value is -0.610. The summed E-state index contributed by atoms with van der Waals surface area (Å²) in [6.45, 7) is 5.68. The predicted octanol–water partition coefficient (Wildman–Crippen LogP) is 2.25. The second-order valence-electron chi connectivity index (χ2n) is 6.24. The van der Waals surface area contributed by atoms with E-state index in [9.17, 15) is 4.79 Å². The van der Waals surface area contributed by atoms with Crippen molar-refractivity contribution in [3.8, 4) is 0 Å². The van der Waals surface area contributed by atoms with E-state index in [0.717, 1.165) is 25.7 Å². The number of methoxy groups -OCH3 is 1. The van der Waals surface area contributed by atoms with E-state index < -0.39 is 0 Å². The van der Waals surface area contributed by atoms with E-state index in [4.69, 9.17) is 15.2 Å². The zero-order valence-corrected chi connectivity index (χ0v) is 12.1. The minimum absolute atomic E-state index is 0.105. The van der Waals surface area contributed by atoms with Crippen LogP contribution in [0.25, 0.3) is 0 Å². The highest BCUT2D eigenvalue weighted by atomic mass is 16.6. The molecule has 3 atom stereocenters. The molecule has 18 heavy (non-hydrogen) atoms. The number of hydrogen-bond donors (Lipinski definition) is 1. The van der Waals surface area contributed by atoms with Crippen molar-refractivity contribution in [1.82, 2.24) is 0 Å². The van der Waals surface area contributed by atoms with E-state index in [1.807, 2.05) is 20.8 Å². The van der Waals surface area contributed by atoms with Gasteiger partial charge in [0.2, 0.25) is 0 Å². The van der Waals surface area contributed by atoms with Gasteiger partial charge in [-0.25, -0.2) is 0 Å². The summed E-state index contributed by atoms with van der Waals surface area (Å²) in [6.07, 6.45) is 4.54. The molecule has 0 heterocycles. The molecule has 1 unspecified atom stereocenters. The average molecular weight is 257 g/mol. The van der Waals surface area contributed by atoms with Crippen LogP contribution >= 0.6 is 0 Å². The molecule has 106 valence electrons. The SMILES string of the molecule is CO[C@@H]1CC(CCC(=O)OC(C)(C)C)CC[C@@H]1N. The Morgan fingerprint density at radius 1 is 1.33 bits per heavy atom. The molecule has 0 bridgehead atoms. The number of nitrogens with two attached hydrogens (primary N) is 1. The number of carbonyl (C=O) groups excluding carboxylic acids is 1. The van der Waals surface area contributed by atoms with Gasteiger partial charge in [0.05, 0.1) is 6.10 Å². The van der Waals surface area contributed by atoms with E-state index in [-0.39, 0.29) is 23.7 Å². The zero-order valence-electron chi connectivity index (χ0n) is 12.1. The lowest BCUT2D eigenvalue weighted by Crippen LogP contribution is -2.41. The monoisotopic (exact) mass is 257 g/mol. The van der Waals surface area contributed by atoms with Crippen molar-refractivity contribution in [3.63, 3.8) is 0 Å². The first-order valence-corrected chi connectivity index (χ1v) is 6.82. The van der Waals surface area contributed by atoms with Crippen LogP contribution in [-0.4, -0.2) is 30.8 Å². The van der Waals surface area contributed by atoms with Crippen molar-refractivity contribution < 1.29 is 14.3 Å². The van der Waals surface area contributed by atoms with E-state index >= 15 is 0 Å². The highest BCUT2D eigenvalue weighted by Crippen LogP contribution is 2.29. The normalized spacial score (nSPS) is 29.1. The first kappa shape index (κ1) is 15.4. The van der Waals surface area contributed by atoms with Crippen LogP contribution in [0, 0.1) is 5.92 Å². The van der Waals surface area contributed by atoms with E-state index in [1.165, 1.54) is 0 Å². The lowest BCUT2D eigenvalue weighted by Gasteiger charge is -2.33. The summed E-state index contributed by atoms with van der Waals surface area (Å²) in [5.74, 6) is 0.425. The number of rotatable bonds is 4. The molecule has 0 radical (unpaired) electrons. The van der Waals surface area contributed by atoms with Crippen LogP contribution in [-0.2, 0) is 14.3 Å². The molecule has 1 aliphatic carbocycles. The van der Waals surface area contributed by atoms with E-state index in [2.05, 4.69) is 0 Å². The highest BCUT2D eigenvalue weighted by molar-refractivity contribution is 5.69. The molecule has 1 saturated carbocycles. The van der Waals surface area contributed by atoms with Gasteiger partial charge in [-0.1, -0.05) is 0 Å². The lowest BCUT2D eigenvalue weighted by atomic mass is 9.82. The molecular weight excluding hydrogens is 230 g/mol. The Labute approximate surface area is 110 Å². The van der Waals surface area contributed by atoms with Gasteiger partial charge in [-0.3, -0.25) is 4.79 Å². The van der Waals surface area contributed by atoms with Gasteiger partial charge in [0.1, 0.15) is 5.60 Å². The molecule has 1 fully saturated rings. The van der Waals surface area contributed by atoms with Crippen molar-refractivity contribution in [3.05, 3.63) is 0 Å². The second-order valence-corrected chi connectivity index (χ2v) is 6.24. The van der Waals surface area contributed by atoms with Gasteiger partial charge in [0.15, 0.2) is 0 Å². The van der Waals surface area contributed by atoms with Crippen LogP contribution in [0.2, 0.25) is 0 Å². The molecule has 0 aromatic carbocycles. The third-order valence-corrected chi connectivity index (χ3v) is 3.43. The molecule has 1 rings (SSSR count). The van der Waals surface area contributed by atoms with E-state index in [1.54, 1.807) is 7.11 Å². The minimum atomic E-state index is -0.388. The van der Waals surface area contributed by atoms with Gasteiger partial charge in [-0.05, 0) is 52.4 Å². The fourth-order valence-electron chi connectivity index (χ4n) is 2.48. The van der Waals surface area contributed by atoms with Gasteiger partial charge in [0.25, 0.3) is 0 Å². The topological polar surface area (TPSA) is 61.5 Å². The largest absolute Gasteiger partial charge is 0.460 e. The van der Waals surface area contributed by atoms with Crippen LogP contribution in [0.5, 0.6) is 0 Å². The molecule has 1 aliphatic rings. The molecule has 4 heteroatoms. The number of ether oxygens (including phenoxy) is 2. The van der Waals surface area contributed by atoms with Crippen molar-refractivity contribution in [2.75, 3.05) is 7.11 Å². The van der Waals surface area contributed by atoms with Crippen molar-refractivity contribution in [2.45, 2.75) is 70.6 Å². The third kappa shape index (κ3) is 5.36. The highest BCUT2D eigenvalue weighted by Gasteiger charge is 2.28. The summed E-state index contributed by atoms with van der Waals surface area (Å²) in [7, 11) is 1.71. The summed E-state index contributed by atoms with van der Waals surface area (Å²) >= 11 is 0. The average Bonchev–Trinajstić information content (AvgIpc) is 2.25. The Balaban J connectivity index is 2.29. The number of hydrogen-bond acceptors (Lipinski definition) is 4. The lowest BCUT2D eigenvalue weighted by molar-refractivity contribution is -0.155. The molecule has 4 nitrogen and oxygen atoms in total. The van der Waals surface area contributed by atoms with Crippen LogP contribution < -0.4 is 5.73 Å². The van der Waals surface area contributed by atoms with Crippen LogP contribution in [0.4, 0.5) is 0 Å². The van der Waals surface area contributed by atoms with Crippen LogP contribution in [0.15, 0.2) is 0 Å². The molecule has 0 spiro atoms. The number of esters is 1. The first-order valence-electron chi connectivity index (χ1n) is 6.82. The molecule has 0 amide bonds. The fraction of sp³-hybridized carbons (Fsp3) is 0.929. The van der Waals surface area contributed by atoms with Gasteiger partial charge >= 0.3 is 5.97 Å². The van der Waals surface area contributed by atoms with Crippen LogP contribution in [0.1, 0.15) is 52.9 Å². The first-order chi connectivity index (χ1) is 8.31. The maximum Gasteiger partial charge on any atom is 0.306 e. The van der Waals surface area contributed by atoms with Crippen molar-refractivity contribution >= 4 is 5.97 Å². The Bertz CT molecular complexity index is 273. The fourth-order valence-corrected chi connectivity index (χ4v) is 2.48. The Kier molecular flexibility index (Phi) is 5.60. The van der Waals surface area contributed by atoms with Crippen LogP contribution in [0.3, 0.4) is 0 Å². The van der Waals surface area contributed by atoms with Gasteiger partial charge < -0.3 is 15.2 Å². The Morgan fingerprint density at radius 2 is 2.00 bits per heavy atom. The summed E-state index contributed by atoms with van der Waals surface area (Å²) in [6, 6.07) is 0.146. The maximum atomic E-state index is 11.6. The number of carbonyl (C=O) groups is 1. The third-order valence-electron chi connectivity index (χ3n) is 3.43. The van der Waals surface area contributed by atoms with E-state index in [0.29, 0.717) is 12.3 Å². The quantitative estimate of drug-likeness (QED) is 0.785. The molecular formula is C14H27NO3. The summed E-state index contributed by atoms with van der Waals surface area (Å²) in [5, 5.41) is 0. The molecule has 0 aromatic heterocycles. The molecule has 0 aromatic rings. The molecule has 2 N–H and O–H groups in total. The predicted molar refractivity (Wildman–Crippen MR) is 71.2 cm³/mol. The van der Waals surface area contributed by atoms with Gasteiger partial charge in [-0.2, -0.15) is 0 Å². The summed E-state index contributed by atoms with van der Waals surface area (Å²) < 4.78 is 10.7. The maximum absolute atomic E-state index is 11.6. The zero-order chi connectivity index (χ0) is 13.8. The minimum Gasteiger partial charge on any atom is -0.460 e. The molecule has 0 saturated heterocycles. The second kappa shape index (κ2) is 6.53. The summed E-state index contributed by atoms with van der Waals surface area (Å²) in [4.78, 5) is 11.6. The van der Waals surface area contributed by atoms with Crippen molar-refractivity contribution in [2.24, 2.45) is 11.7 Å². The van der Waals surface area contributed by atoms with Gasteiger partial charge in [0, 0.05) is 19.6 Å². The van der Waals surface area contributed by atoms with Gasteiger partial charge in [-0.15, -0.1) is 0 Å². The summed E-state index contributed by atoms with van der Waals surface area (Å²) in [5.41, 5.74) is 5.59. The van der Waals surface area contributed by atoms with Crippen molar-refractivity contribution in [1.29, 1.82) is 0 Å². The standard InChI is InChI=1S/C14H27NO3/c1-14(2,3)18-13(16)8-6-10-5-7-11(15)12(9-10)17-4/h10-12H,5-9,15H2,1-4H3/t10?,11-,12+/m0/s1. The smallest absolute Gasteiger partial charge is 0.306 e. The Morgan fingerprint density at radius 3 is 2.56 bits per heavy atom.